The van der Waals surface area contributed by atoms with Crippen molar-refractivity contribution in [2.75, 3.05) is 11.6 Å². The van der Waals surface area contributed by atoms with Crippen molar-refractivity contribution in [2.24, 2.45) is 0 Å². The van der Waals surface area contributed by atoms with Gasteiger partial charge in [-0.3, -0.25) is 0 Å². The van der Waals surface area contributed by atoms with Gasteiger partial charge in [-0.15, -0.1) is 0 Å². The maximum Gasteiger partial charge on any atom is 0.179 e. The summed E-state index contributed by atoms with van der Waals surface area (Å²) >= 11 is 0. The lowest BCUT2D eigenvalue weighted by atomic mass is 10.4. The van der Waals surface area contributed by atoms with Gasteiger partial charge in [-0.25, -0.2) is 13.4 Å². The van der Waals surface area contributed by atoms with E-state index in [1.54, 1.807) is 30.7 Å². The molecule has 0 saturated carbocycles. The molecule has 2 rings (SSSR count). The van der Waals surface area contributed by atoms with Crippen molar-refractivity contribution >= 4 is 15.7 Å². The summed E-state index contributed by atoms with van der Waals surface area (Å²) in [5, 5.41) is 2.94. The monoisotopic (exact) mass is 252 g/mol. The second-order valence-corrected chi connectivity index (χ2v) is 5.54. The molecule has 0 atom stereocenters. The third-order valence-electron chi connectivity index (χ3n) is 2.18. The zero-order chi connectivity index (χ0) is 12.3. The average Bonchev–Trinajstić information content (AvgIpc) is 2.78. The lowest BCUT2D eigenvalue weighted by molar-refractivity contribution is 0.517. The molecule has 1 N–H and O–H groups in total. The van der Waals surface area contributed by atoms with Crippen LogP contribution < -0.4 is 5.32 Å². The molecular formula is C11H12N2O3S. The van der Waals surface area contributed by atoms with Gasteiger partial charge in [0.1, 0.15) is 16.5 Å². The van der Waals surface area contributed by atoms with Crippen LogP contribution in [0.25, 0.3) is 0 Å². The van der Waals surface area contributed by atoms with E-state index in [1.165, 1.54) is 6.07 Å². The van der Waals surface area contributed by atoms with Crippen LogP contribution in [0.1, 0.15) is 5.76 Å². The number of hydrogen-bond donors (Lipinski definition) is 1. The minimum absolute atomic E-state index is 0.187. The molecule has 90 valence electrons. The van der Waals surface area contributed by atoms with Gasteiger partial charge in [0.05, 0.1) is 12.8 Å². The van der Waals surface area contributed by atoms with E-state index >= 15 is 0 Å². The highest BCUT2D eigenvalue weighted by atomic mass is 32.2. The molecule has 0 aliphatic heterocycles. The van der Waals surface area contributed by atoms with Crippen LogP contribution in [0.5, 0.6) is 0 Å². The Morgan fingerprint density at radius 2 is 2.18 bits per heavy atom. The first-order chi connectivity index (χ1) is 8.07. The highest BCUT2D eigenvalue weighted by Gasteiger charge is 2.13. The fourth-order valence-electron chi connectivity index (χ4n) is 1.41. The molecule has 0 amide bonds. The fourth-order valence-corrected chi connectivity index (χ4v) is 2.21. The first-order valence-electron chi connectivity index (χ1n) is 4.99. The summed E-state index contributed by atoms with van der Waals surface area (Å²) in [7, 11) is -3.28. The van der Waals surface area contributed by atoms with Crippen molar-refractivity contribution in [1.29, 1.82) is 0 Å². The smallest absolute Gasteiger partial charge is 0.179 e. The van der Waals surface area contributed by atoms with Gasteiger partial charge in [0, 0.05) is 12.5 Å². The van der Waals surface area contributed by atoms with Gasteiger partial charge in [0.25, 0.3) is 0 Å². The van der Waals surface area contributed by atoms with E-state index < -0.39 is 9.84 Å². The highest BCUT2D eigenvalue weighted by molar-refractivity contribution is 7.90. The standard InChI is InChI=1S/C11H12N2O3S/c1-17(14,15)10-5-2-6-12-11(10)13-8-9-4-3-7-16-9/h2-7H,8H2,1H3,(H,12,13). The van der Waals surface area contributed by atoms with E-state index in [0.29, 0.717) is 12.4 Å². The zero-order valence-electron chi connectivity index (χ0n) is 9.25. The first kappa shape index (κ1) is 11.7. The number of pyridine rings is 1. The number of hydrogen-bond acceptors (Lipinski definition) is 5. The van der Waals surface area contributed by atoms with Gasteiger partial charge >= 0.3 is 0 Å². The number of nitrogens with one attached hydrogen (secondary N) is 1. The summed E-state index contributed by atoms with van der Waals surface area (Å²) in [5.41, 5.74) is 0. The van der Waals surface area contributed by atoms with Crippen LogP contribution in [-0.4, -0.2) is 19.7 Å². The molecule has 2 aromatic heterocycles. The summed E-state index contributed by atoms with van der Waals surface area (Å²) in [6.45, 7) is 0.395. The van der Waals surface area contributed by atoms with E-state index in [0.717, 1.165) is 12.0 Å². The molecule has 0 saturated heterocycles. The third kappa shape index (κ3) is 2.85. The molecule has 17 heavy (non-hydrogen) atoms. The molecular weight excluding hydrogens is 240 g/mol. The molecule has 6 heteroatoms. The number of sulfone groups is 1. The van der Waals surface area contributed by atoms with Crippen molar-refractivity contribution in [2.45, 2.75) is 11.4 Å². The fraction of sp³-hybridized carbons (Fsp3) is 0.182. The van der Waals surface area contributed by atoms with Crippen LogP contribution in [0.15, 0.2) is 46.0 Å². The molecule has 0 bridgehead atoms. The Morgan fingerprint density at radius 3 is 2.82 bits per heavy atom. The van der Waals surface area contributed by atoms with Crippen LogP contribution in [-0.2, 0) is 16.4 Å². The predicted octanol–water partition coefficient (Wildman–Crippen LogP) is 1.69. The summed E-state index contributed by atoms with van der Waals surface area (Å²) < 4.78 is 28.2. The van der Waals surface area contributed by atoms with Gasteiger partial charge in [0.2, 0.25) is 0 Å². The molecule has 0 aromatic carbocycles. The lowest BCUT2D eigenvalue weighted by Crippen LogP contribution is -2.07. The molecule has 5 nitrogen and oxygen atoms in total. The summed E-state index contributed by atoms with van der Waals surface area (Å²) in [4.78, 5) is 4.20. The molecule has 2 heterocycles. The Morgan fingerprint density at radius 1 is 1.35 bits per heavy atom. The summed E-state index contributed by atoms with van der Waals surface area (Å²) in [5.74, 6) is 1.06. The SMILES string of the molecule is CS(=O)(=O)c1cccnc1NCc1ccco1. The maximum absolute atomic E-state index is 11.5. The van der Waals surface area contributed by atoms with Gasteiger partial charge < -0.3 is 9.73 Å². The van der Waals surface area contributed by atoms with Crippen LogP contribution in [0.2, 0.25) is 0 Å². The Balaban J connectivity index is 2.22. The molecule has 0 aliphatic carbocycles. The maximum atomic E-state index is 11.5. The van der Waals surface area contributed by atoms with Crippen molar-refractivity contribution < 1.29 is 12.8 Å². The Labute approximate surface area is 99.4 Å². The van der Waals surface area contributed by atoms with Crippen LogP contribution in [0.4, 0.5) is 5.82 Å². The van der Waals surface area contributed by atoms with E-state index in [2.05, 4.69) is 10.3 Å². The van der Waals surface area contributed by atoms with Crippen LogP contribution in [0, 0.1) is 0 Å². The van der Waals surface area contributed by atoms with E-state index in [1.807, 2.05) is 0 Å². The quantitative estimate of drug-likeness (QED) is 0.896. The molecule has 0 unspecified atom stereocenters. The van der Waals surface area contributed by atoms with Gasteiger partial charge in [-0.1, -0.05) is 0 Å². The lowest BCUT2D eigenvalue weighted by Gasteiger charge is -2.07. The topological polar surface area (TPSA) is 72.2 Å². The normalized spacial score (nSPS) is 11.4. The van der Waals surface area contributed by atoms with E-state index in [-0.39, 0.29) is 4.90 Å². The predicted molar refractivity (Wildman–Crippen MR) is 63.4 cm³/mol. The summed E-state index contributed by atoms with van der Waals surface area (Å²) in [6, 6.07) is 6.68. The number of aromatic nitrogens is 1. The van der Waals surface area contributed by atoms with Crippen molar-refractivity contribution in [3.8, 4) is 0 Å². The third-order valence-corrected chi connectivity index (χ3v) is 3.31. The highest BCUT2D eigenvalue weighted by Crippen LogP contribution is 2.18. The molecule has 0 aliphatic rings. The van der Waals surface area contributed by atoms with Crippen molar-refractivity contribution in [1.82, 2.24) is 4.98 Å². The van der Waals surface area contributed by atoms with Crippen LogP contribution in [0.3, 0.4) is 0 Å². The number of nitrogens with zero attached hydrogens (tertiary/aromatic N) is 1. The van der Waals surface area contributed by atoms with E-state index in [9.17, 15) is 8.42 Å². The Bertz CT molecular complexity index is 591. The van der Waals surface area contributed by atoms with Gasteiger partial charge in [0.15, 0.2) is 9.84 Å². The van der Waals surface area contributed by atoms with Crippen LogP contribution >= 0.6 is 0 Å². The van der Waals surface area contributed by atoms with Gasteiger partial charge in [-0.2, -0.15) is 0 Å². The van der Waals surface area contributed by atoms with Gasteiger partial charge in [-0.05, 0) is 24.3 Å². The average molecular weight is 252 g/mol. The number of furan rings is 1. The molecule has 2 aromatic rings. The van der Waals surface area contributed by atoms with E-state index in [4.69, 9.17) is 4.42 Å². The largest absolute Gasteiger partial charge is 0.467 e. The molecule has 0 spiro atoms. The second-order valence-electron chi connectivity index (χ2n) is 3.56. The Hall–Kier alpha value is -1.82. The molecule has 0 fully saturated rings. The minimum Gasteiger partial charge on any atom is -0.467 e. The number of rotatable bonds is 4. The molecule has 0 radical (unpaired) electrons. The van der Waals surface area contributed by atoms with Crippen molar-refractivity contribution in [3.63, 3.8) is 0 Å². The minimum atomic E-state index is -3.28. The second kappa shape index (κ2) is 4.58. The number of anilines is 1. The van der Waals surface area contributed by atoms with Crippen molar-refractivity contribution in [3.05, 3.63) is 42.5 Å². The first-order valence-corrected chi connectivity index (χ1v) is 6.88. The zero-order valence-corrected chi connectivity index (χ0v) is 10.1. The summed E-state index contributed by atoms with van der Waals surface area (Å²) in [6.07, 6.45) is 4.26. The Kier molecular flexibility index (Phi) is 3.14.